The summed E-state index contributed by atoms with van der Waals surface area (Å²) >= 11 is 0. The zero-order valence-corrected chi connectivity index (χ0v) is 15.9. The lowest BCUT2D eigenvalue weighted by molar-refractivity contribution is 0.174. The average molecular weight is 333 g/mol. The number of fused-ring (bicyclic) bond motifs is 2. The van der Waals surface area contributed by atoms with Crippen LogP contribution in [0.25, 0.3) is 0 Å². The van der Waals surface area contributed by atoms with Crippen molar-refractivity contribution in [1.82, 2.24) is 4.98 Å². The lowest BCUT2D eigenvalue weighted by Crippen LogP contribution is -2.43. The standard InChI is InChI=1S/C19H32N2OSi/c1-4-23(5-2,6-3)22-14-17-15-10-11-16(13-15)19(17)21-18-9-7-8-12-20-18/h7-9,12,15-17,19H,4-6,10-11,13-14H2,1-3H3,(H,20,21)/t15-,16+,17+,19-/m1/s1. The molecule has 1 heterocycles. The third-order valence-corrected chi connectivity index (χ3v) is 11.2. The fourth-order valence-electron chi connectivity index (χ4n) is 4.82. The van der Waals surface area contributed by atoms with Gasteiger partial charge in [0.05, 0.1) is 0 Å². The monoisotopic (exact) mass is 332 g/mol. The summed E-state index contributed by atoms with van der Waals surface area (Å²) in [6.07, 6.45) is 6.04. The molecule has 3 nitrogen and oxygen atoms in total. The van der Waals surface area contributed by atoms with Crippen molar-refractivity contribution in [3.8, 4) is 0 Å². The molecule has 2 aliphatic carbocycles. The summed E-state index contributed by atoms with van der Waals surface area (Å²) in [4.78, 5) is 4.47. The normalized spacial score (nSPS) is 29.9. The molecule has 4 heteroatoms. The maximum absolute atomic E-state index is 6.66. The maximum Gasteiger partial charge on any atom is 0.191 e. The number of rotatable bonds is 8. The zero-order chi connectivity index (χ0) is 16.3. The second kappa shape index (κ2) is 7.35. The van der Waals surface area contributed by atoms with Gasteiger partial charge in [-0.2, -0.15) is 0 Å². The highest BCUT2D eigenvalue weighted by atomic mass is 28.4. The van der Waals surface area contributed by atoms with E-state index in [0.29, 0.717) is 12.0 Å². The van der Waals surface area contributed by atoms with Gasteiger partial charge in [0.2, 0.25) is 0 Å². The molecule has 1 N–H and O–H groups in total. The van der Waals surface area contributed by atoms with E-state index in [9.17, 15) is 0 Å². The van der Waals surface area contributed by atoms with Crippen molar-refractivity contribution in [2.24, 2.45) is 17.8 Å². The van der Waals surface area contributed by atoms with Gasteiger partial charge in [0.15, 0.2) is 8.32 Å². The Kier molecular flexibility index (Phi) is 5.42. The number of nitrogens with one attached hydrogen (secondary N) is 1. The van der Waals surface area contributed by atoms with Gasteiger partial charge in [-0.15, -0.1) is 0 Å². The van der Waals surface area contributed by atoms with Gasteiger partial charge in [-0.25, -0.2) is 4.98 Å². The van der Waals surface area contributed by atoms with Crippen LogP contribution in [0.2, 0.25) is 18.1 Å². The van der Waals surface area contributed by atoms with Crippen LogP contribution in [0, 0.1) is 17.8 Å². The summed E-state index contributed by atoms with van der Waals surface area (Å²) in [7, 11) is -1.48. The van der Waals surface area contributed by atoms with Crippen molar-refractivity contribution in [2.45, 2.75) is 64.2 Å². The van der Waals surface area contributed by atoms with Crippen LogP contribution in [0.4, 0.5) is 5.82 Å². The molecule has 128 valence electrons. The molecule has 23 heavy (non-hydrogen) atoms. The van der Waals surface area contributed by atoms with Crippen molar-refractivity contribution >= 4 is 14.1 Å². The lowest BCUT2D eigenvalue weighted by atomic mass is 9.85. The van der Waals surface area contributed by atoms with Gasteiger partial charge in [0.25, 0.3) is 0 Å². The third-order valence-electron chi connectivity index (χ3n) is 6.58. The van der Waals surface area contributed by atoms with Crippen molar-refractivity contribution < 1.29 is 4.43 Å². The Morgan fingerprint density at radius 2 is 1.87 bits per heavy atom. The molecule has 2 aliphatic rings. The summed E-state index contributed by atoms with van der Waals surface area (Å²) < 4.78 is 6.66. The molecule has 2 bridgehead atoms. The van der Waals surface area contributed by atoms with Gasteiger partial charge in [-0.3, -0.25) is 0 Å². The minimum absolute atomic E-state index is 0.556. The zero-order valence-electron chi connectivity index (χ0n) is 14.9. The number of aromatic nitrogens is 1. The molecule has 0 unspecified atom stereocenters. The molecule has 2 fully saturated rings. The van der Waals surface area contributed by atoms with Crippen LogP contribution in [0.15, 0.2) is 24.4 Å². The molecule has 0 radical (unpaired) electrons. The number of hydrogen-bond acceptors (Lipinski definition) is 3. The summed E-state index contributed by atoms with van der Waals surface area (Å²) in [5.74, 6) is 3.38. The van der Waals surface area contributed by atoms with Gasteiger partial charge in [0, 0.05) is 24.8 Å². The third kappa shape index (κ3) is 3.48. The quantitative estimate of drug-likeness (QED) is 0.685. The predicted octanol–water partition coefficient (Wildman–Crippen LogP) is 4.93. The molecule has 2 saturated carbocycles. The Bertz CT molecular complexity index is 483. The van der Waals surface area contributed by atoms with E-state index in [1.807, 2.05) is 12.3 Å². The molecule has 4 atom stereocenters. The van der Waals surface area contributed by atoms with E-state index in [2.05, 4.69) is 43.2 Å². The first-order valence-corrected chi connectivity index (χ1v) is 12.1. The van der Waals surface area contributed by atoms with Gasteiger partial charge in [0.1, 0.15) is 5.82 Å². The minimum Gasteiger partial charge on any atom is -0.416 e. The maximum atomic E-state index is 6.66. The van der Waals surface area contributed by atoms with Crippen LogP contribution in [-0.4, -0.2) is 26.0 Å². The van der Waals surface area contributed by atoms with Crippen molar-refractivity contribution in [3.05, 3.63) is 24.4 Å². The molecule has 1 aromatic heterocycles. The van der Waals surface area contributed by atoms with E-state index >= 15 is 0 Å². The average Bonchev–Trinajstić information content (AvgIpc) is 3.20. The molecule has 0 aliphatic heterocycles. The predicted molar refractivity (Wildman–Crippen MR) is 99.1 cm³/mol. The largest absolute Gasteiger partial charge is 0.416 e. The van der Waals surface area contributed by atoms with Crippen LogP contribution in [0.3, 0.4) is 0 Å². The minimum atomic E-state index is -1.48. The van der Waals surface area contributed by atoms with Gasteiger partial charge in [-0.1, -0.05) is 26.8 Å². The molecule has 0 amide bonds. The topological polar surface area (TPSA) is 34.1 Å². The fourth-order valence-corrected chi connectivity index (χ4v) is 7.48. The van der Waals surface area contributed by atoms with Crippen molar-refractivity contribution in [3.63, 3.8) is 0 Å². The number of hydrogen-bond donors (Lipinski definition) is 1. The van der Waals surface area contributed by atoms with Crippen LogP contribution in [0.1, 0.15) is 40.0 Å². The smallest absolute Gasteiger partial charge is 0.191 e. The highest BCUT2D eigenvalue weighted by Gasteiger charge is 2.48. The molecular weight excluding hydrogens is 300 g/mol. The Labute approximate surface area is 142 Å². The Hall–Kier alpha value is -0.873. The van der Waals surface area contributed by atoms with Gasteiger partial charge in [-0.05, 0) is 61.4 Å². The van der Waals surface area contributed by atoms with E-state index in [1.165, 1.54) is 37.4 Å². The van der Waals surface area contributed by atoms with Gasteiger partial charge >= 0.3 is 0 Å². The van der Waals surface area contributed by atoms with E-state index < -0.39 is 8.32 Å². The van der Waals surface area contributed by atoms with Crippen LogP contribution < -0.4 is 5.32 Å². The fraction of sp³-hybridized carbons (Fsp3) is 0.737. The SMILES string of the molecule is CC[Si](CC)(CC)OC[C@H]1[C@@H]2CC[C@@H](C2)[C@H]1Nc1ccccn1. The Balaban J connectivity index is 1.67. The molecule has 0 spiro atoms. The van der Waals surface area contributed by atoms with Crippen LogP contribution in [-0.2, 0) is 4.43 Å². The highest BCUT2D eigenvalue weighted by molar-refractivity contribution is 6.73. The lowest BCUT2D eigenvalue weighted by Gasteiger charge is -2.36. The van der Waals surface area contributed by atoms with Gasteiger partial charge < -0.3 is 9.74 Å². The van der Waals surface area contributed by atoms with Crippen LogP contribution >= 0.6 is 0 Å². The van der Waals surface area contributed by atoms with E-state index in [1.54, 1.807) is 0 Å². The van der Waals surface area contributed by atoms with Crippen molar-refractivity contribution in [2.75, 3.05) is 11.9 Å². The second-order valence-corrected chi connectivity index (χ2v) is 12.2. The van der Waals surface area contributed by atoms with E-state index in [-0.39, 0.29) is 0 Å². The summed E-state index contributed by atoms with van der Waals surface area (Å²) in [5, 5.41) is 3.74. The first kappa shape index (κ1) is 17.0. The summed E-state index contributed by atoms with van der Waals surface area (Å²) in [5.41, 5.74) is 0. The summed E-state index contributed by atoms with van der Waals surface area (Å²) in [6, 6.07) is 10.4. The highest BCUT2D eigenvalue weighted by Crippen LogP contribution is 2.49. The molecule has 1 aromatic rings. The number of nitrogens with zero attached hydrogens (tertiary/aromatic N) is 1. The Morgan fingerprint density at radius 1 is 1.13 bits per heavy atom. The van der Waals surface area contributed by atoms with E-state index in [0.717, 1.165) is 24.3 Å². The van der Waals surface area contributed by atoms with Crippen molar-refractivity contribution in [1.29, 1.82) is 0 Å². The summed E-state index contributed by atoms with van der Waals surface area (Å²) in [6.45, 7) is 7.93. The first-order chi connectivity index (χ1) is 11.2. The molecule has 0 aromatic carbocycles. The molecule has 3 rings (SSSR count). The van der Waals surface area contributed by atoms with Crippen LogP contribution in [0.5, 0.6) is 0 Å². The number of pyridine rings is 1. The molecular formula is C19H32N2OSi. The number of anilines is 1. The Morgan fingerprint density at radius 3 is 2.52 bits per heavy atom. The second-order valence-electron chi connectivity index (χ2n) is 7.44. The van der Waals surface area contributed by atoms with E-state index in [4.69, 9.17) is 4.43 Å². The first-order valence-electron chi connectivity index (χ1n) is 9.53. The molecule has 0 saturated heterocycles.